The van der Waals surface area contributed by atoms with Gasteiger partial charge in [0.15, 0.2) is 0 Å². The predicted molar refractivity (Wildman–Crippen MR) is 164 cm³/mol. The molecule has 184 valence electrons. The monoisotopic (exact) mass is 500 g/mol. The molecule has 0 saturated heterocycles. The maximum Gasteiger partial charge on any atom is 0.109 e. The third-order valence-electron chi connectivity index (χ3n) is 7.02. The first-order chi connectivity index (χ1) is 17.9. The lowest BCUT2D eigenvalue weighted by molar-refractivity contribution is 0.586. The minimum absolute atomic E-state index is 0.878. The summed E-state index contributed by atoms with van der Waals surface area (Å²) in [5.41, 5.74) is 7.25. The lowest BCUT2D eigenvalue weighted by atomic mass is 9.86. The van der Waals surface area contributed by atoms with Crippen LogP contribution in [0.5, 0.6) is 0 Å². The van der Waals surface area contributed by atoms with Gasteiger partial charge in [0.2, 0.25) is 0 Å². The zero-order valence-corrected chi connectivity index (χ0v) is 22.9. The highest BCUT2D eigenvalue weighted by molar-refractivity contribution is 7.66. The van der Waals surface area contributed by atoms with Crippen molar-refractivity contribution in [3.8, 4) is 22.3 Å². The highest BCUT2D eigenvalue weighted by atomic mass is 31.2. The van der Waals surface area contributed by atoms with E-state index in [9.17, 15) is 4.57 Å². The third-order valence-corrected chi connectivity index (χ3v) is 8.58. The molecule has 5 rings (SSSR count). The van der Waals surface area contributed by atoms with Crippen LogP contribution in [0.25, 0.3) is 49.4 Å². The molecule has 0 bridgehead atoms. The standard InChI is InChI=1S/C35H33OP/c1-5-13-29(37(3,4)36)24-25(2)26-20-22-28(23-21-26)35-32-18-11-9-16-30(32)34(27-14-7-6-8-15-27)31-17-10-12-19-33(31)35/h6-24H,5H2,1-4H3/b25-24+,29-13+. The molecule has 0 aliphatic heterocycles. The summed E-state index contributed by atoms with van der Waals surface area (Å²) in [6.45, 7) is 7.88. The molecule has 0 N–H and O–H groups in total. The van der Waals surface area contributed by atoms with E-state index in [-0.39, 0.29) is 0 Å². The van der Waals surface area contributed by atoms with E-state index in [4.69, 9.17) is 0 Å². The second-order valence-electron chi connectivity index (χ2n) is 10.00. The van der Waals surface area contributed by atoms with Gasteiger partial charge in [0.25, 0.3) is 0 Å². The fourth-order valence-electron chi connectivity index (χ4n) is 5.20. The van der Waals surface area contributed by atoms with Crippen molar-refractivity contribution in [1.29, 1.82) is 0 Å². The predicted octanol–water partition coefficient (Wildman–Crippen LogP) is 10.6. The Kier molecular flexibility index (Phi) is 7.00. The molecule has 0 amide bonds. The van der Waals surface area contributed by atoms with Crippen molar-refractivity contribution < 1.29 is 4.57 Å². The van der Waals surface area contributed by atoms with Crippen LogP contribution in [0.15, 0.2) is 121 Å². The van der Waals surface area contributed by atoms with E-state index < -0.39 is 7.14 Å². The van der Waals surface area contributed by atoms with Crippen molar-refractivity contribution >= 4 is 34.3 Å². The van der Waals surface area contributed by atoms with Crippen LogP contribution in [0.4, 0.5) is 0 Å². The van der Waals surface area contributed by atoms with Gasteiger partial charge >= 0.3 is 0 Å². The zero-order chi connectivity index (χ0) is 26.0. The first kappa shape index (κ1) is 25.0. The molecule has 0 radical (unpaired) electrons. The molecule has 0 spiro atoms. The maximum atomic E-state index is 12.8. The average Bonchev–Trinajstić information content (AvgIpc) is 2.91. The summed E-state index contributed by atoms with van der Waals surface area (Å²) in [5.74, 6) is 0. The quantitative estimate of drug-likeness (QED) is 0.129. The molecule has 37 heavy (non-hydrogen) atoms. The van der Waals surface area contributed by atoms with Gasteiger partial charge in [0.05, 0.1) is 0 Å². The van der Waals surface area contributed by atoms with Crippen molar-refractivity contribution in [2.24, 2.45) is 0 Å². The Bertz CT molecular complexity index is 1630. The molecular weight excluding hydrogens is 467 g/mol. The van der Waals surface area contributed by atoms with Crippen LogP contribution in [0.1, 0.15) is 25.8 Å². The van der Waals surface area contributed by atoms with Crippen LogP contribution in [0.2, 0.25) is 0 Å². The van der Waals surface area contributed by atoms with Crippen molar-refractivity contribution in [3.05, 3.63) is 126 Å². The first-order valence-corrected chi connectivity index (χ1v) is 15.5. The Morgan fingerprint density at radius 2 is 1.08 bits per heavy atom. The van der Waals surface area contributed by atoms with Gasteiger partial charge in [0.1, 0.15) is 7.14 Å². The normalized spacial score (nSPS) is 12.9. The fourth-order valence-corrected chi connectivity index (χ4v) is 6.33. The minimum atomic E-state index is -2.32. The van der Waals surface area contributed by atoms with Crippen LogP contribution in [-0.2, 0) is 4.57 Å². The summed E-state index contributed by atoms with van der Waals surface area (Å²) in [5, 5.41) is 5.99. The Labute approximate surface area is 220 Å². The molecule has 0 fully saturated rings. The summed E-state index contributed by atoms with van der Waals surface area (Å²) in [6, 6.07) is 37.0. The second-order valence-corrected chi connectivity index (χ2v) is 13.2. The lowest BCUT2D eigenvalue weighted by Crippen LogP contribution is -1.91. The van der Waals surface area contributed by atoms with Gasteiger partial charge in [0, 0.05) is 5.31 Å². The Balaban J connectivity index is 1.69. The Morgan fingerprint density at radius 1 is 0.649 bits per heavy atom. The van der Waals surface area contributed by atoms with Crippen molar-refractivity contribution in [3.63, 3.8) is 0 Å². The molecule has 0 saturated carbocycles. The third kappa shape index (κ3) is 4.97. The molecule has 0 atom stereocenters. The molecular formula is C35H33OP. The molecule has 1 nitrogen and oxygen atoms in total. The summed E-state index contributed by atoms with van der Waals surface area (Å²) < 4.78 is 12.8. The summed E-state index contributed by atoms with van der Waals surface area (Å²) in [4.78, 5) is 0. The van der Waals surface area contributed by atoms with Crippen LogP contribution in [0, 0.1) is 0 Å². The van der Waals surface area contributed by atoms with E-state index in [2.05, 4.69) is 129 Å². The van der Waals surface area contributed by atoms with E-state index in [1.54, 1.807) is 0 Å². The molecule has 0 heterocycles. The number of fused-ring (bicyclic) bond motifs is 2. The van der Waals surface area contributed by atoms with Crippen LogP contribution < -0.4 is 0 Å². The molecule has 0 aliphatic carbocycles. The first-order valence-electron chi connectivity index (χ1n) is 12.9. The fraction of sp³-hybridized carbons (Fsp3) is 0.143. The SMILES string of the molecule is CC/C=C(\C=C(/C)c1ccc(-c2c3ccccc3c(-c3ccccc3)c3ccccc23)cc1)P(C)(C)=O. The van der Waals surface area contributed by atoms with Gasteiger partial charge in [-0.1, -0.05) is 116 Å². The van der Waals surface area contributed by atoms with E-state index in [1.807, 2.05) is 13.3 Å². The molecule has 0 unspecified atom stereocenters. The highest BCUT2D eigenvalue weighted by Gasteiger charge is 2.16. The van der Waals surface area contributed by atoms with Gasteiger partial charge in [-0.15, -0.1) is 0 Å². The van der Waals surface area contributed by atoms with E-state index in [1.165, 1.54) is 43.8 Å². The maximum absolute atomic E-state index is 12.8. The van der Waals surface area contributed by atoms with E-state index in [0.29, 0.717) is 0 Å². The molecule has 0 aliphatic rings. The minimum Gasteiger partial charge on any atom is -0.319 e. The molecule has 0 aromatic heterocycles. The van der Waals surface area contributed by atoms with E-state index >= 15 is 0 Å². The zero-order valence-electron chi connectivity index (χ0n) is 22.0. The van der Waals surface area contributed by atoms with Gasteiger partial charge < -0.3 is 4.57 Å². The summed E-state index contributed by atoms with van der Waals surface area (Å²) in [7, 11) is -2.32. The van der Waals surface area contributed by atoms with Crippen LogP contribution in [-0.4, -0.2) is 13.3 Å². The molecule has 5 aromatic carbocycles. The highest BCUT2D eigenvalue weighted by Crippen LogP contribution is 2.48. The number of hydrogen-bond donors (Lipinski definition) is 0. The van der Waals surface area contributed by atoms with E-state index in [0.717, 1.165) is 22.9 Å². The molecule has 5 aromatic rings. The Hall–Kier alpha value is -3.67. The van der Waals surface area contributed by atoms with Crippen molar-refractivity contribution in [2.45, 2.75) is 20.3 Å². The summed E-state index contributed by atoms with van der Waals surface area (Å²) in [6.07, 6.45) is 5.06. The Morgan fingerprint density at radius 3 is 1.51 bits per heavy atom. The van der Waals surface area contributed by atoms with Crippen LogP contribution in [0.3, 0.4) is 0 Å². The van der Waals surface area contributed by atoms with Crippen LogP contribution >= 0.6 is 7.14 Å². The lowest BCUT2D eigenvalue weighted by Gasteiger charge is -2.18. The van der Waals surface area contributed by atoms with Gasteiger partial charge in [-0.2, -0.15) is 0 Å². The molecule has 2 heteroatoms. The second kappa shape index (κ2) is 10.4. The number of allylic oxidation sites excluding steroid dienone is 4. The number of rotatable bonds is 6. The average molecular weight is 501 g/mol. The van der Waals surface area contributed by atoms with Gasteiger partial charge in [-0.25, -0.2) is 0 Å². The van der Waals surface area contributed by atoms with Crippen molar-refractivity contribution in [2.75, 3.05) is 13.3 Å². The smallest absolute Gasteiger partial charge is 0.109 e. The number of benzene rings is 5. The van der Waals surface area contributed by atoms with Gasteiger partial charge in [-0.05, 0) is 87.7 Å². The number of hydrogen-bond acceptors (Lipinski definition) is 1. The topological polar surface area (TPSA) is 17.1 Å². The summed E-state index contributed by atoms with van der Waals surface area (Å²) >= 11 is 0. The van der Waals surface area contributed by atoms with Gasteiger partial charge in [-0.3, -0.25) is 0 Å². The largest absolute Gasteiger partial charge is 0.319 e. The van der Waals surface area contributed by atoms with Crippen molar-refractivity contribution in [1.82, 2.24) is 0 Å².